The zero-order valence-electron chi connectivity index (χ0n) is 12.7. The highest BCUT2D eigenvalue weighted by Gasteiger charge is 2.28. The molecule has 1 aromatic carbocycles. The van der Waals surface area contributed by atoms with Crippen LogP contribution < -0.4 is 5.73 Å². The summed E-state index contributed by atoms with van der Waals surface area (Å²) >= 11 is 0. The van der Waals surface area contributed by atoms with Crippen LogP contribution in [0, 0.1) is 5.82 Å². The van der Waals surface area contributed by atoms with E-state index in [-0.39, 0.29) is 5.82 Å². The molecule has 1 fully saturated rings. The molecule has 1 atom stereocenters. The molecule has 112 valence electrons. The lowest BCUT2D eigenvalue weighted by atomic mass is 9.88. The maximum Gasteiger partial charge on any atom is 0.123 e. The van der Waals surface area contributed by atoms with E-state index in [0.717, 1.165) is 31.4 Å². The summed E-state index contributed by atoms with van der Waals surface area (Å²) in [6.07, 6.45) is 5.57. The number of rotatable bonds is 5. The van der Waals surface area contributed by atoms with Crippen molar-refractivity contribution in [2.75, 3.05) is 6.54 Å². The summed E-state index contributed by atoms with van der Waals surface area (Å²) in [5.74, 6) is -0.136. The molecule has 0 heterocycles. The van der Waals surface area contributed by atoms with Crippen LogP contribution in [0.1, 0.15) is 57.6 Å². The topological polar surface area (TPSA) is 29.3 Å². The van der Waals surface area contributed by atoms with Crippen LogP contribution in [-0.4, -0.2) is 23.5 Å². The molecule has 0 amide bonds. The van der Waals surface area contributed by atoms with Gasteiger partial charge >= 0.3 is 0 Å². The Hall–Kier alpha value is -0.930. The van der Waals surface area contributed by atoms with Crippen molar-refractivity contribution in [1.82, 2.24) is 4.90 Å². The van der Waals surface area contributed by atoms with Crippen molar-refractivity contribution >= 4 is 0 Å². The summed E-state index contributed by atoms with van der Waals surface area (Å²) in [5, 5.41) is 0. The molecule has 20 heavy (non-hydrogen) atoms. The highest BCUT2D eigenvalue weighted by molar-refractivity contribution is 5.20. The lowest BCUT2D eigenvalue weighted by Gasteiger charge is -2.40. The van der Waals surface area contributed by atoms with Gasteiger partial charge in [-0.2, -0.15) is 0 Å². The quantitative estimate of drug-likeness (QED) is 0.886. The van der Waals surface area contributed by atoms with Crippen LogP contribution in [0.15, 0.2) is 24.3 Å². The minimum atomic E-state index is -0.136. The average molecular weight is 278 g/mol. The number of hydrogen-bond acceptors (Lipinski definition) is 2. The largest absolute Gasteiger partial charge is 0.328 e. The number of halogens is 1. The number of benzene rings is 1. The number of nitrogens with two attached hydrogens (primary N) is 1. The molecule has 2 rings (SSSR count). The zero-order valence-corrected chi connectivity index (χ0v) is 12.7. The molecule has 0 radical (unpaired) electrons. The first-order valence-electron chi connectivity index (χ1n) is 7.92. The van der Waals surface area contributed by atoms with Gasteiger partial charge in [-0.3, -0.25) is 4.90 Å². The Morgan fingerprint density at radius 2 is 1.95 bits per heavy atom. The molecule has 2 nitrogen and oxygen atoms in total. The zero-order chi connectivity index (χ0) is 14.5. The van der Waals surface area contributed by atoms with Crippen molar-refractivity contribution in [2.45, 2.75) is 64.1 Å². The monoisotopic (exact) mass is 278 g/mol. The number of nitrogens with zero attached hydrogens (tertiary/aromatic N) is 1. The summed E-state index contributed by atoms with van der Waals surface area (Å²) in [6.45, 7) is 5.40. The van der Waals surface area contributed by atoms with Gasteiger partial charge in [0.2, 0.25) is 0 Å². The first kappa shape index (κ1) is 15.5. The fourth-order valence-electron chi connectivity index (χ4n) is 3.54. The Morgan fingerprint density at radius 1 is 1.25 bits per heavy atom. The van der Waals surface area contributed by atoms with Gasteiger partial charge in [-0.15, -0.1) is 0 Å². The molecule has 0 bridgehead atoms. The lowest BCUT2D eigenvalue weighted by Crippen LogP contribution is -2.42. The molecule has 0 aliphatic heterocycles. The fraction of sp³-hybridized carbons (Fsp3) is 0.647. The van der Waals surface area contributed by atoms with Crippen molar-refractivity contribution in [3.8, 4) is 0 Å². The van der Waals surface area contributed by atoms with Gasteiger partial charge in [0.05, 0.1) is 0 Å². The van der Waals surface area contributed by atoms with Gasteiger partial charge in [0, 0.05) is 18.1 Å². The Morgan fingerprint density at radius 3 is 2.50 bits per heavy atom. The third-order valence-corrected chi connectivity index (χ3v) is 4.60. The highest BCUT2D eigenvalue weighted by Crippen LogP contribution is 2.32. The maximum absolute atomic E-state index is 13.5. The molecule has 0 aromatic heterocycles. The van der Waals surface area contributed by atoms with Crippen molar-refractivity contribution in [1.29, 1.82) is 0 Å². The lowest BCUT2D eigenvalue weighted by molar-refractivity contribution is 0.103. The van der Waals surface area contributed by atoms with Crippen LogP contribution in [-0.2, 0) is 0 Å². The molecule has 1 aliphatic rings. The van der Waals surface area contributed by atoms with Gasteiger partial charge < -0.3 is 5.73 Å². The van der Waals surface area contributed by atoms with E-state index in [0.29, 0.717) is 18.1 Å². The van der Waals surface area contributed by atoms with Gasteiger partial charge in [-0.05, 0) is 56.3 Å². The molecule has 1 aromatic rings. The van der Waals surface area contributed by atoms with Gasteiger partial charge in [-0.1, -0.05) is 26.0 Å². The van der Waals surface area contributed by atoms with E-state index in [9.17, 15) is 4.39 Å². The first-order valence-corrected chi connectivity index (χ1v) is 7.92. The van der Waals surface area contributed by atoms with Gasteiger partial charge in [-0.25, -0.2) is 4.39 Å². The van der Waals surface area contributed by atoms with Crippen molar-refractivity contribution in [2.24, 2.45) is 5.73 Å². The molecular weight excluding hydrogens is 251 g/mol. The van der Waals surface area contributed by atoms with Gasteiger partial charge in [0.25, 0.3) is 0 Å². The predicted molar refractivity (Wildman–Crippen MR) is 82.0 cm³/mol. The van der Waals surface area contributed by atoms with Crippen LogP contribution in [0.5, 0.6) is 0 Å². The predicted octanol–water partition coefficient (Wildman–Crippen LogP) is 3.87. The molecule has 1 unspecified atom stereocenters. The van der Waals surface area contributed by atoms with E-state index >= 15 is 0 Å². The van der Waals surface area contributed by atoms with E-state index in [2.05, 4.69) is 24.8 Å². The molecule has 3 heteroatoms. The molecule has 1 aliphatic carbocycles. The summed E-state index contributed by atoms with van der Waals surface area (Å²) in [5.41, 5.74) is 7.11. The Kier molecular flexibility index (Phi) is 5.55. The van der Waals surface area contributed by atoms with Crippen molar-refractivity contribution in [3.05, 3.63) is 35.6 Å². The van der Waals surface area contributed by atoms with Gasteiger partial charge in [0.15, 0.2) is 0 Å². The second-order valence-corrected chi connectivity index (χ2v) is 5.88. The first-order chi connectivity index (χ1) is 9.65. The number of hydrogen-bond donors (Lipinski definition) is 1. The van der Waals surface area contributed by atoms with Crippen LogP contribution in [0.4, 0.5) is 4.39 Å². The molecule has 2 N–H and O–H groups in total. The van der Waals surface area contributed by atoms with Crippen LogP contribution in [0.25, 0.3) is 0 Å². The molecule has 1 saturated carbocycles. The minimum Gasteiger partial charge on any atom is -0.328 e. The normalized spacial score (nSPS) is 24.9. The third-order valence-electron chi connectivity index (χ3n) is 4.60. The molecule has 0 saturated heterocycles. The van der Waals surface area contributed by atoms with E-state index < -0.39 is 0 Å². The molecular formula is C17H27FN2. The van der Waals surface area contributed by atoms with E-state index in [1.165, 1.54) is 18.9 Å². The van der Waals surface area contributed by atoms with E-state index in [4.69, 9.17) is 5.73 Å². The smallest absolute Gasteiger partial charge is 0.123 e. The second kappa shape index (κ2) is 7.19. The van der Waals surface area contributed by atoms with E-state index in [1.54, 1.807) is 6.07 Å². The van der Waals surface area contributed by atoms with E-state index in [1.807, 2.05) is 6.07 Å². The van der Waals surface area contributed by atoms with Crippen LogP contribution in [0.2, 0.25) is 0 Å². The Labute approximate surface area is 122 Å². The summed E-state index contributed by atoms with van der Waals surface area (Å²) in [7, 11) is 0. The van der Waals surface area contributed by atoms with Crippen LogP contribution in [0.3, 0.4) is 0 Å². The minimum absolute atomic E-state index is 0.136. The second-order valence-electron chi connectivity index (χ2n) is 5.88. The molecule has 0 spiro atoms. The maximum atomic E-state index is 13.5. The summed E-state index contributed by atoms with van der Waals surface area (Å²) in [6, 6.07) is 8.35. The SMILES string of the molecule is CCC(c1cccc(F)c1)N(CC)C1CCC(N)CC1. The van der Waals surface area contributed by atoms with Crippen molar-refractivity contribution < 1.29 is 4.39 Å². The Bertz CT molecular complexity index is 413. The van der Waals surface area contributed by atoms with Crippen LogP contribution >= 0.6 is 0 Å². The summed E-state index contributed by atoms with van der Waals surface area (Å²) in [4.78, 5) is 2.54. The Balaban J connectivity index is 2.15. The summed E-state index contributed by atoms with van der Waals surface area (Å²) < 4.78 is 13.5. The van der Waals surface area contributed by atoms with Crippen molar-refractivity contribution in [3.63, 3.8) is 0 Å². The fourth-order valence-corrected chi connectivity index (χ4v) is 3.54. The standard InChI is InChI=1S/C17H27FN2/c1-3-17(13-6-5-7-14(18)12-13)20(4-2)16-10-8-15(19)9-11-16/h5-7,12,15-17H,3-4,8-11,19H2,1-2H3. The highest BCUT2D eigenvalue weighted by atomic mass is 19.1. The van der Waals surface area contributed by atoms with Gasteiger partial charge in [0.1, 0.15) is 5.82 Å². The average Bonchev–Trinajstić information content (AvgIpc) is 2.46. The third kappa shape index (κ3) is 3.58.